The normalized spacial score (nSPS) is 12.1. The molecule has 0 aliphatic carbocycles. The molecule has 0 aliphatic rings. The van der Waals surface area contributed by atoms with Crippen molar-refractivity contribution in [2.24, 2.45) is 0 Å². The highest BCUT2D eigenvalue weighted by atomic mass is 16.6. The van der Waals surface area contributed by atoms with Crippen LogP contribution in [-0.4, -0.2) is 89.3 Å². The molecule has 0 aliphatic heterocycles. The van der Waals surface area contributed by atoms with Crippen molar-refractivity contribution in [3.05, 3.63) is 59.9 Å². The molecule has 2 aromatic carbocycles. The molecule has 0 radical (unpaired) electrons. The number of nitrogen functional groups attached to an aromatic ring is 1. The van der Waals surface area contributed by atoms with Crippen LogP contribution in [-0.2, 0) is 38.6 Å². The van der Waals surface area contributed by atoms with E-state index < -0.39 is 12.1 Å². The fraction of sp³-hybridized carbons (Fsp3) is 0.471. The smallest absolute Gasteiger partial charge is 0.347 e. The first-order valence-corrected chi connectivity index (χ1v) is 15.7. The van der Waals surface area contributed by atoms with Crippen LogP contribution in [0.5, 0.6) is 5.75 Å². The number of anilines is 1. The fourth-order valence-corrected chi connectivity index (χ4v) is 5.51. The second kappa shape index (κ2) is 16.2. The maximum atomic E-state index is 13.7. The van der Waals surface area contributed by atoms with Gasteiger partial charge in [-0.25, -0.2) is 14.8 Å². The largest absolute Gasteiger partial charge is 0.479 e. The highest BCUT2D eigenvalue weighted by molar-refractivity contribution is 6.06. The highest BCUT2D eigenvalue weighted by Gasteiger charge is 2.21. The van der Waals surface area contributed by atoms with Crippen molar-refractivity contribution in [3.63, 3.8) is 0 Å². The molecule has 11 heteroatoms. The van der Waals surface area contributed by atoms with E-state index in [-0.39, 0.29) is 5.91 Å². The maximum Gasteiger partial charge on any atom is 0.347 e. The van der Waals surface area contributed by atoms with Gasteiger partial charge in [0.25, 0.3) is 0 Å². The summed E-state index contributed by atoms with van der Waals surface area (Å²) in [6.07, 6.45) is 1.11. The van der Waals surface area contributed by atoms with E-state index >= 15 is 0 Å². The lowest BCUT2D eigenvalue weighted by molar-refractivity contribution is -0.148. The molecule has 2 aromatic heterocycles. The molecular formula is C34H46N6O5. The Kier molecular flexibility index (Phi) is 12.1. The number of benzene rings is 2. The number of hydrogen-bond acceptors (Lipinski definition) is 9. The van der Waals surface area contributed by atoms with Crippen molar-refractivity contribution in [2.75, 3.05) is 52.7 Å². The molecule has 2 heterocycles. The second-order valence-electron chi connectivity index (χ2n) is 10.9. The number of pyridine rings is 1. The van der Waals surface area contributed by atoms with Gasteiger partial charge in [-0.15, -0.1) is 0 Å². The summed E-state index contributed by atoms with van der Waals surface area (Å²) in [6.45, 7) is 10.0. The van der Waals surface area contributed by atoms with Crippen molar-refractivity contribution in [1.29, 1.82) is 0 Å². The van der Waals surface area contributed by atoms with E-state index in [0.29, 0.717) is 69.1 Å². The van der Waals surface area contributed by atoms with Gasteiger partial charge in [0.05, 0.1) is 31.3 Å². The van der Waals surface area contributed by atoms with Gasteiger partial charge in [0.2, 0.25) is 5.91 Å². The first-order chi connectivity index (χ1) is 21.8. The van der Waals surface area contributed by atoms with E-state index in [1.165, 1.54) is 7.11 Å². The number of para-hydroxylation sites is 1. The number of aryl methyl sites for hydroxylation is 1. The number of carbonyl (C=O) groups excluding carboxylic acids is 2. The van der Waals surface area contributed by atoms with Crippen molar-refractivity contribution >= 4 is 39.6 Å². The van der Waals surface area contributed by atoms with Crippen LogP contribution in [0.25, 0.3) is 21.9 Å². The van der Waals surface area contributed by atoms with Gasteiger partial charge in [-0.3, -0.25) is 9.69 Å². The number of ether oxygens (including phenoxy) is 3. The Morgan fingerprint density at radius 3 is 2.51 bits per heavy atom. The number of aromatic nitrogens is 3. The van der Waals surface area contributed by atoms with Crippen molar-refractivity contribution in [3.8, 4) is 5.75 Å². The fourth-order valence-electron chi connectivity index (χ4n) is 5.51. The van der Waals surface area contributed by atoms with Gasteiger partial charge >= 0.3 is 5.97 Å². The van der Waals surface area contributed by atoms with E-state index in [0.717, 1.165) is 40.9 Å². The van der Waals surface area contributed by atoms with Crippen LogP contribution in [0.2, 0.25) is 0 Å². The number of rotatable bonds is 17. The van der Waals surface area contributed by atoms with E-state index in [2.05, 4.69) is 28.3 Å². The van der Waals surface area contributed by atoms with Crippen LogP contribution in [0.4, 0.5) is 5.82 Å². The summed E-state index contributed by atoms with van der Waals surface area (Å²) in [5.74, 6) is 1.48. The second-order valence-corrected chi connectivity index (χ2v) is 10.9. The first-order valence-electron chi connectivity index (χ1n) is 15.7. The van der Waals surface area contributed by atoms with E-state index in [1.54, 1.807) is 7.11 Å². The lowest BCUT2D eigenvalue weighted by Crippen LogP contribution is -2.40. The zero-order chi connectivity index (χ0) is 32.3. The van der Waals surface area contributed by atoms with Gasteiger partial charge in [0, 0.05) is 38.6 Å². The number of amides is 1. The topological polar surface area (TPSA) is 125 Å². The molecule has 1 unspecified atom stereocenters. The van der Waals surface area contributed by atoms with E-state index in [1.807, 2.05) is 60.4 Å². The third-order valence-electron chi connectivity index (χ3n) is 8.02. The highest BCUT2D eigenvalue weighted by Crippen LogP contribution is 2.29. The van der Waals surface area contributed by atoms with Crippen molar-refractivity contribution in [1.82, 2.24) is 24.3 Å². The number of imidazole rings is 1. The third kappa shape index (κ3) is 8.29. The summed E-state index contributed by atoms with van der Waals surface area (Å²) in [5.41, 5.74) is 9.74. The third-order valence-corrected chi connectivity index (χ3v) is 8.02. The number of hydrogen-bond donors (Lipinski definition) is 1. The number of likely N-dealkylation sites (N-methyl/N-ethyl adjacent to an activating group) is 1. The van der Waals surface area contributed by atoms with Gasteiger partial charge in [-0.2, -0.15) is 0 Å². The minimum absolute atomic E-state index is 0.0556. The number of methoxy groups -OCH3 is 2. The van der Waals surface area contributed by atoms with Gasteiger partial charge in [-0.1, -0.05) is 51.1 Å². The predicted octanol–water partition coefficient (Wildman–Crippen LogP) is 4.45. The van der Waals surface area contributed by atoms with Crippen LogP contribution >= 0.6 is 0 Å². The monoisotopic (exact) mass is 618 g/mol. The van der Waals surface area contributed by atoms with Crippen LogP contribution < -0.4 is 10.5 Å². The molecule has 1 amide bonds. The Morgan fingerprint density at radius 1 is 1.02 bits per heavy atom. The van der Waals surface area contributed by atoms with Crippen molar-refractivity contribution in [2.45, 2.75) is 59.2 Å². The lowest BCUT2D eigenvalue weighted by atomic mass is 10.1. The van der Waals surface area contributed by atoms with Crippen LogP contribution in [0, 0.1) is 0 Å². The molecule has 0 fully saturated rings. The Labute approximate surface area is 265 Å². The molecular weight excluding hydrogens is 572 g/mol. The van der Waals surface area contributed by atoms with Gasteiger partial charge in [0.15, 0.2) is 11.9 Å². The minimum atomic E-state index is -0.691. The molecule has 45 heavy (non-hydrogen) atoms. The summed E-state index contributed by atoms with van der Waals surface area (Å²) in [6, 6.07) is 15.5. The SMILES string of the molecule is CCC(Oc1cccc(CN(CCCn2c(CCOC)nc3c(N)nc4ccccc4c32)C(=O)CN(CC)CC)c1)C(=O)OC. The molecule has 4 rings (SSSR count). The summed E-state index contributed by atoms with van der Waals surface area (Å²) in [5, 5.41) is 0.987. The van der Waals surface area contributed by atoms with Crippen LogP contribution in [0.15, 0.2) is 48.5 Å². The Hall–Kier alpha value is -4.22. The summed E-state index contributed by atoms with van der Waals surface area (Å²) < 4.78 is 18.4. The summed E-state index contributed by atoms with van der Waals surface area (Å²) in [7, 11) is 3.03. The van der Waals surface area contributed by atoms with Crippen molar-refractivity contribution < 1.29 is 23.8 Å². The van der Waals surface area contributed by atoms with Gasteiger partial charge in [0.1, 0.15) is 17.1 Å². The van der Waals surface area contributed by atoms with E-state index in [4.69, 9.17) is 24.9 Å². The van der Waals surface area contributed by atoms with Crippen LogP contribution in [0.3, 0.4) is 0 Å². The Morgan fingerprint density at radius 2 is 1.80 bits per heavy atom. The molecule has 0 bridgehead atoms. The minimum Gasteiger partial charge on any atom is -0.479 e. The number of carbonyl (C=O) groups is 2. The quantitative estimate of drug-likeness (QED) is 0.171. The van der Waals surface area contributed by atoms with Crippen LogP contribution in [0.1, 0.15) is 45.0 Å². The number of fused-ring (bicyclic) bond motifs is 3. The first kappa shape index (κ1) is 33.7. The standard InChI is InChI=1S/C34H46N6O5/c1-6-28(34(42)44-5)45-25-14-11-13-24(21-25)22-39(30(41)23-38(7-2)8-3)18-12-19-40-29(17-20-43-4)37-31-32(40)26-15-9-10-16-27(26)36-33(31)35/h9-11,13-16,21,28H,6-8,12,17-20,22-23H2,1-5H3,(H2,35,36). The average Bonchev–Trinajstić information content (AvgIpc) is 3.43. The zero-order valence-electron chi connectivity index (χ0n) is 27.1. The number of nitrogens with zero attached hydrogens (tertiary/aromatic N) is 5. The molecule has 2 N–H and O–H groups in total. The molecule has 11 nitrogen and oxygen atoms in total. The lowest BCUT2D eigenvalue weighted by Gasteiger charge is -2.27. The Balaban J connectivity index is 1.60. The summed E-state index contributed by atoms with van der Waals surface area (Å²) in [4.78, 5) is 39.3. The maximum absolute atomic E-state index is 13.7. The number of esters is 1. The molecule has 4 aromatic rings. The van der Waals surface area contributed by atoms with Gasteiger partial charge < -0.3 is 29.4 Å². The summed E-state index contributed by atoms with van der Waals surface area (Å²) >= 11 is 0. The zero-order valence-corrected chi connectivity index (χ0v) is 27.1. The van der Waals surface area contributed by atoms with E-state index in [9.17, 15) is 9.59 Å². The Bertz CT molecular complexity index is 1580. The molecule has 1 atom stereocenters. The predicted molar refractivity (Wildman–Crippen MR) is 176 cm³/mol. The number of nitrogens with two attached hydrogens (primary N) is 1. The van der Waals surface area contributed by atoms with Gasteiger partial charge in [-0.05, 0) is 49.7 Å². The molecule has 0 saturated heterocycles. The average molecular weight is 619 g/mol. The molecule has 0 saturated carbocycles. The molecule has 0 spiro atoms. The molecule has 242 valence electrons.